The van der Waals surface area contributed by atoms with Gasteiger partial charge in [-0.15, -0.1) is 0 Å². The van der Waals surface area contributed by atoms with Gasteiger partial charge in [-0.3, -0.25) is 9.78 Å². The van der Waals surface area contributed by atoms with E-state index in [2.05, 4.69) is 15.5 Å². The number of aryl methyl sites for hydroxylation is 2. The van der Waals surface area contributed by atoms with Crippen molar-refractivity contribution in [1.82, 2.24) is 15.5 Å². The van der Waals surface area contributed by atoms with E-state index in [1.54, 1.807) is 43.5 Å². The molecule has 33 heavy (non-hydrogen) atoms. The number of hydrogen-bond acceptors (Lipinski definition) is 5. The number of carbonyl (C=O) groups excluding carboxylic acids is 1. The summed E-state index contributed by atoms with van der Waals surface area (Å²) in [6, 6.07) is 11.7. The number of carbonyl (C=O) groups is 1. The van der Waals surface area contributed by atoms with Crippen LogP contribution in [-0.4, -0.2) is 16.0 Å². The van der Waals surface area contributed by atoms with Crippen molar-refractivity contribution in [3.63, 3.8) is 0 Å². The van der Waals surface area contributed by atoms with Gasteiger partial charge in [0.1, 0.15) is 28.9 Å². The molecule has 2 heterocycles. The van der Waals surface area contributed by atoms with Crippen molar-refractivity contribution in [3.05, 3.63) is 94.5 Å². The Bertz CT molecular complexity index is 1300. The minimum atomic E-state index is -0.695. The molecule has 0 aliphatic carbocycles. The van der Waals surface area contributed by atoms with Crippen molar-refractivity contribution in [1.29, 1.82) is 0 Å². The third kappa shape index (κ3) is 4.90. The second-order valence-corrected chi connectivity index (χ2v) is 7.57. The van der Waals surface area contributed by atoms with E-state index in [4.69, 9.17) is 9.26 Å². The fourth-order valence-electron chi connectivity index (χ4n) is 3.55. The SMILES string of the molecule is Cc1noc(C)c1-c1cc(Oc2cccc(C(=O)NCc3cc(F)cc(F)c3)c2C)ccn1.[HH]. The summed E-state index contributed by atoms with van der Waals surface area (Å²) in [6.45, 7) is 5.41. The minimum Gasteiger partial charge on any atom is -0.457 e. The molecule has 4 aromatic rings. The second kappa shape index (κ2) is 9.20. The molecular formula is C25H23F2N3O3. The molecule has 0 fully saturated rings. The van der Waals surface area contributed by atoms with Gasteiger partial charge in [-0.1, -0.05) is 11.2 Å². The maximum Gasteiger partial charge on any atom is 0.251 e. The molecule has 0 atom stereocenters. The highest BCUT2D eigenvalue weighted by atomic mass is 19.1. The van der Waals surface area contributed by atoms with E-state index in [9.17, 15) is 13.6 Å². The standard InChI is InChI=1S/C25H21F2N3O3.H2/c1-14-21(25(31)29-13-17-9-18(26)11-19(27)10-17)5-4-6-23(14)32-20-7-8-28-22(12-20)24-15(2)30-33-16(24)3;/h4-12H,13H2,1-3H3,(H,29,31);1H. The summed E-state index contributed by atoms with van der Waals surface area (Å²) >= 11 is 0. The van der Waals surface area contributed by atoms with Crippen LogP contribution >= 0.6 is 0 Å². The summed E-state index contributed by atoms with van der Waals surface area (Å²) in [6.07, 6.45) is 1.63. The van der Waals surface area contributed by atoms with Crippen LogP contribution in [0.15, 0.2) is 59.3 Å². The van der Waals surface area contributed by atoms with Crippen LogP contribution in [0, 0.1) is 32.4 Å². The lowest BCUT2D eigenvalue weighted by Crippen LogP contribution is -2.23. The van der Waals surface area contributed by atoms with Gasteiger partial charge in [0, 0.05) is 37.4 Å². The van der Waals surface area contributed by atoms with Crippen molar-refractivity contribution >= 4 is 5.91 Å². The van der Waals surface area contributed by atoms with E-state index < -0.39 is 11.6 Å². The van der Waals surface area contributed by atoms with E-state index >= 15 is 0 Å². The van der Waals surface area contributed by atoms with Crippen LogP contribution in [-0.2, 0) is 6.54 Å². The number of pyridine rings is 1. The van der Waals surface area contributed by atoms with Gasteiger partial charge in [-0.05, 0) is 56.7 Å². The molecule has 0 saturated carbocycles. The van der Waals surface area contributed by atoms with Crippen molar-refractivity contribution in [2.45, 2.75) is 27.3 Å². The first-order valence-corrected chi connectivity index (χ1v) is 10.2. The normalized spacial score (nSPS) is 10.8. The van der Waals surface area contributed by atoms with E-state index in [0.29, 0.717) is 39.6 Å². The van der Waals surface area contributed by atoms with Gasteiger partial charge in [0.2, 0.25) is 0 Å². The zero-order valence-electron chi connectivity index (χ0n) is 18.3. The predicted molar refractivity (Wildman–Crippen MR) is 120 cm³/mol. The third-order valence-electron chi connectivity index (χ3n) is 5.15. The Morgan fingerprint density at radius 1 is 1.09 bits per heavy atom. The molecule has 0 bridgehead atoms. The first-order chi connectivity index (χ1) is 15.8. The molecule has 0 unspecified atom stereocenters. The quantitative estimate of drug-likeness (QED) is 0.394. The monoisotopic (exact) mass is 451 g/mol. The van der Waals surface area contributed by atoms with Crippen LogP contribution in [0.25, 0.3) is 11.3 Å². The van der Waals surface area contributed by atoms with Crippen molar-refractivity contribution in [2.24, 2.45) is 0 Å². The molecule has 0 saturated heterocycles. The zero-order chi connectivity index (χ0) is 23.5. The minimum absolute atomic E-state index is 0. The number of ether oxygens (including phenoxy) is 1. The molecule has 0 spiro atoms. The fourth-order valence-corrected chi connectivity index (χ4v) is 3.55. The Morgan fingerprint density at radius 3 is 2.55 bits per heavy atom. The van der Waals surface area contributed by atoms with Crippen LogP contribution in [0.3, 0.4) is 0 Å². The summed E-state index contributed by atoms with van der Waals surface area (Å²) in [4.78, 5) is 17.1. The van der Waals surface area contributed by atoms with Gasteiger partial charge < -0.3 is 14.6 Å². The van der Waals surface area contributed by atoms with Gasteiger partial charge in [0.15, 0.2) is 0 Å². The number of amides is 1. The lowest BCUT2D eigenvalue weighted by molar-refractivity contribution is 0.0950. The number of nitrogens with zero attached hydrogens (tertiary/aromatic N) is 2. The Morgan fingerprint density at radius 2 is 1.85 bits per heavy atom. The maximum atomic E-state index is 13.4. The number of nitrogens with one attached hydrogen (secondary N) is 1. The van der Waals surface area contributed by atoms with E-state index in [-0.39, 0.29) is 13.9 Å². The summed E-state index contributed by atoms with van der Waals surface area (Å²) in [7, 11) is 0. The van der Waals surface area contributed by atoms with Crippen molar-refractivity contribution in [3.8, 4) is 22.8 Å². The van der Waals surface area contributed by atoms with Crippen LogP contribution in [0.2, 0.25) is 0 Å². The lowest BCUT2D eigenvalue weighted by atomic mass is 10.1. The topological polar surface area (TPSA) is 77.2 Å². The van der Waals surface area contributed by atoms with Crippen LogP contribution < -0.4 is 10.1 Å². The number of rotatable bonds is 6. The first-order valence-electron chi connectivity index (χ1n) is 10.2. The van der Waals surface area contributed by atoms with Gasteiger partial charge in [0.25, 0.3) is 5.91 Å². The van der Waals surface area contributed by atoms with Crippen LogP contribution in [0.4, 0.5) is 8.78 Å². The molecule has 6 nitrogen and oxygen atoms in total. The highest BCUT2D eigenvalue weighted by Crippen LogP contribution is 2.31. The molecule has 0 aliphatic rings. The van der Waals surface area contributed by atoms with E-state index in [0.717, 1.165) is 17.3 Å². The summed E-state index contributed by atoms with van der Waals surface area (Å²) in [5.74, 6) is -0.0801. The molecule has 1 amide bonds. The Hall–Kier alpha value is -4.07. The molecule has 8 heteroatoms. The highest BCUT2D eigenvalue weighted by molar-refractivity contribution is 5.96. The van der Waals surface area contributed by atoms with Crippen molar-refractivity contribution in [2.75, 3.05) is 0 Å². The molecule has 2 aromatic carbocycles. The molecule has 0 radical (unpaired) electrons. The zero-order valence-corrected chi connectivity index (χ0v) is 18.3. The summed E-state index contributed by atoms with van der Waals surface area (Å²) < 4.78 is 38.0. The van der Waals surface area contributed by atoms with Crippen LogP contribution in [0.5, 0.6) is 11.5 Å². The smallest absolute Gasteiger partial charge is 0.251 e. The van der Waals surface area contributed by atoms with E-state index in [1.807, 2.05) is 13.8 Å². The molecule has 4 rings (SSSR count). The van der Waals surface area contributed by atoms with Gasteiger partial charge >= 0.3 is 0 Å². The van der Waals surface area contributed by atoms with Crippen LogP contribution in [0.1, 0.15) is 34.4 Å². The highest BCUT2D eigenvalue weighted by Gasteiger charge is 2.16. The molecule has 2 aromatic heterocycles. The molecular weight excluding hydrogens is 428 g/mol. The first kappa shape index (κ1) is 22.1. The maximum absolute atomic E-state index is 13.4. The number of halogens is 2. The van der Waals surface area contributed by atoms with E-state index in [1.165, 1.54) is 12.1 Å². The average molecular weight is 451 g/mol. The van der Waals surface area contributed by atoms with Gasteiger partial charge in [-0.2, -0.15) is 0 Å². The van der Waals surface area contributed by atoms with Gasteiger partial charge in [0.05, 0.1) is 17.0 Å². The molecule has 1 N–H and O–H groups in total. The summed E-state index contributed by atoms with van der Waals surface area (Å²) in [5.41, 5.74) is 3.54. The number of hydrogen-bond donors (Lipinski definition) is 1. The largest absolute Gasteiger partial charge is 0.457 e. The number of benzene rings is 2. The van der Waals surface area contributed by atoms with Gasteiger partial charge in [-0.25, -0.2) is 8.78 Å². The predicted octanol–water partition coefficient (Wildman–Crippen LogP) is 5.91. The fraction of sp³-hybridized carbons (Fsp3) is 0.160. The lowest BCUT2D eigenvalue weighted by Gasteiger charge is -2.13. The Labute approximate surface area is 190 Å². The molecule has 170 valence electrons. The summed E-state index contributed by atoms with van der Waals surface area (Å²) in [5, 5.41) is 6.64. The van der Waals surface area contributed by atoms with Crippen molar-refractivity contribution < 1.29 is 24.3 Å². The Kier molecular flexibility index (Phi) is 6.17. The second-order valence-electron chi connectivity index (χ2n) is 7.57. The number of aromatic nitrogens is 2. The Balaban J connectivity index is 0.00000324. The molecule has 0 aliphatic heterocycles. The third-order valence-corrected chi connectivity index (χ3v) is 5.15. The average Bonchev–Trinajstić information content (AvgIpc) is 3.11.